The van der Waals surface area contributed by atoms with E-state index in [1.807, 2.05) is 29.9 Å². The first-order valence-corrected chi connectivity index (χ1v) is 8.09. The van der Waals surface area contributed by atoms with Gasteiger partial charge in [-0.05, 0) is 68.4 Å². The molecule has 0 spiro atoms. The predicted octanol–water partition coefficient (Wildman–Crippen LogP) is 2.69. The lowest BCUT2D eigenvalue weighted by molar-refractivity contribution is -0.146. The third kappa shape index (κ3) is 2.21. The molecule has 1 amide bonds. The lowest BCUT2D eigenvalue weighted by Crippen LogP contribution is -2.52. The molecule has 4 bridgehead atoms. The van der Waals surface area contributed by atoms with Crippen LogP contribution in [0, 0.1) is 23.2 Å². The summed E-state index contributed by atoms with van der Waals surface area (Å²) < 4.78 is 1.99. The van der Waals surface area contributed by atoms with Crippen molar-refractivity contribution in [2.45, 2.75) is 38.5 Å². The first-order chi connectivity index (χ1) is 10.1. The first-order valence-electron chi connectivity index (χ1n) is 8.09. The van der Waals surface area contributed by atoms with Crippen LogP contribution < -0.4 is 5.43 Å². The third-order valence-corrected chi connectivity index (χ3v) is 5.87. The van der Waals surface area contributed by atoms with Gasteiger partial charge < -0.3 is 4.57 Å². The Labute approximate surface area is 125 Å². The molecule has 4 aliphatic rings. The van der Waals surface area contributed by atoms with E-state index in [0.29, 0.717) is 0 Å². The molecule has 4 heteroatoms. The molecule has 0 radical (unpaired) electrons. The van der Waals surface area contributed by atoms with Gasteiger partial charge in [0.2, 0.25) is 5.91 Å². The van der Waals surface area contributed by atoms with E-state index < -0.39 is 0 Å². The molecule has 1 aromatic heterocycles. The molecule has 21 heavy (non-hydrogen) atoms. The zero-order chi connectivity index (χ0) is 14.4. The highest BCUT2D eigenvalue weighted by atomic mass is 16.2. The Morgan fingerprint density at radius 3 is 2.43 bits per heavy atom. The minimum atomic E-state index is -0.111. The van der Waals surface area contributed by atoms with E-state index >= 15 is 0 Å². The topological polar surface area (TPSA) is 46.4 Å². The lowest BCUT2D eigenvalue weighted by atomic mass is 9.49. The maximum Gasteiger partial charge on any atom is 0.246 e. The quantitative estimate of drug-likeness (QED) is 0.673. The molecule has 0 unspecified atom stereocenters. The Hall–Kier alpha value is -1.58. The number of hydrazone groups is 1. The van der Waals surface area contributed by atoms with Crippen LogP contribution >= 0.6 is 0 Å². The maximum atomic E-state index is 12.7. The van der Waals surface area contributed by atoms with Crippen LogP contribution in [0.5, 0.6) is 0 Å². The third-order valence-electron chi connectivity index (χ3n) is 5.87. The van der Waals surface area contributed by atoms with Gasteiger partial charge in [-0.3, -0.25) is 4.79 Å². The average Bonchev–Trinajstić information content (AvgIpc) is 2.83. The molecule has 0 aromatic carbocycles. The highest BCUT2D eigenvalue weighted by Gasteiger charge is 2.54. The molecule has 5 rings (SSSR count). The van der Waals surface area contributed by atoms with E-state index in [1.165, 1.54) is 19.3 Å². The Kier molecular flexibility index (Phi) is 2.95. The molecule has 1 N–H and O–H groups in total. The number of amides is 1. The lowest BCUT2D eigenvalue weighted by Gasteiger charge is -2.55. The van der Waals surface area contributed by atoms with Crippen molar-refractivity contribution in [3.8, 4) is 0 Å². The van der Waals surface area contributed by atoms with Crippen molar-refractivity contribution in [3.63, 3.8) is 0 Å². The molecular weight excluding hydrogens is 262 g/mol. The van der Waals surface area contributed by atoms with Crippen LogP contribution in [0.4, 0.5) is 0 Å². The summed E-state index contributed by atoms with van der Waals surface area (Å²) in [5, 5.41) is 4.19. The van der Waals surface area contributed by atoms with Gasteiger partial charge in [0.25, 0.3) is 0 Å². The average molecular weight is 285 g/mol. The Bertz CT molecular complexity index is 551. The van der Waals surface area contributed by atoms with Gasteiger partial charge in [-0.15, -0.1) is 0 Å². The zero-order valence-electron chi connectivity index (χ0n) is 12.6. The fourth-order valence-corrected chi connectivity index (χ4v) is 5.27. The van der Waals surface area contributed by atoms with Gasteiger partial charge in [0.15, 0.2) is 0 Å². The number of aromatic nitrogens is 1. The summed E-state index contributed by atoms with van der Waals surface area (Å²) in [5.74, 6) is 2.53. The number of carbonyl (C=O) groups excluding carboxylic acids is 1. The molecule has 4 nitrogen and oxygen atoms in total. The van der Waals surface area contributed by atoms with Gasteiger partial charge in [0, 0.05) is 13.2 Å². The van der Waals surface area contributed by atoms with Crippen molar-refractivity contribution in [1.29, 1.82) is 0 Å². The molecule has 0 aliphatic heterocycles. The van der Waals surface area contributed by atoms with Crippen LogP contribution in [0.15, 0.2) is 23.4 Å². The van der Waals surface area contributed by atoms with Crippen molar-refractivity contribution < 1.29 is 4.79 Å². The Morgan fingerprint density at radius 1 is 1.29 bits per heavy atom. The largest absolute Gasteiger partial charge is 0.350 e. The fourth-order valence-electron chi connectivity index (χ4n) is 5.27. The molecule has 4 fully saturated rings. The molecule has 0 saturated heterocycles. The highest BCUT2D eigenvalue weighted by molar-refractivity contribution is 5.85. The van der Waals surface area contributed by atoms with E-state index in [2.05, 4.69) is 10.5 Å². The molecular formula is C17H23N3O. The van der Waals surface area contributed by atoms with Crippen LogP contribution in [0.2, 0.25) is 0 Å². The van der Waals surface area contributed by atoms with Crippen LogP contribution in [0.25, 0.3) is 0 Å². The SMILES string of the molecule is Cn1cccc1C=NNC(=O)C12CC3CC(CC(C3)C1)C2. The highest BCUT2D eigenvalue weighted by Crippen LogP contribution is 2.60. The second-order valence-corrected chi connectivity index (χ2v) is 7.44. The van der Waals surface area contributed by atoms with Crippen molar-refractivity contribution in [3.05, 3.63) is 24.0 Å². The Morgan fingerprint density at radius 2 is 1.90 bits per heavy atom. The summed E-state index contributed by atoms with van der Waals surface area (Å²) in [6, 6.07) is 3.96. The number of nitrogens with one attached hydrogen (secondary N) is 1. The van der Waals surface area contributed by atoms with Crippen molar-refractivity contribution in [2.75, 3.05) is 0 Å². The van der Waals surface area contributed by atoms with Crippen molar-refractivity contribution >= 4 is 12.1 Å². The van der Waals surface area contributed by atoms with Crippen LogP contribution in [-0.4, -0.2) is 16.7 Å². The van der Waals surface area contributed by atoms with E-state index in [0.717, 1.165) is 42.7 Å². The van der Waals surface area contributed by atoms with Gasteiger partial charge in [-0.1, -0.05) is 0 Å². The number of hydrogen-bond donors (Lipinski definition) is 1. The minimum absolute atomic E-state index is 0.111. The van der Waals surface area contributed by atoms with Crippen LogP contribution in [-0.2, 0) is 11.8 Å². The Balaban J connectivity index is 1.45. The molecule has 0 atom stereocenters. The van der Waals surface area contributed by atoms with Gasteiger partial charge in [-0.25, -0.2) is 5.43 Å². The van der Waals surface area contributed by atoms with Crippen molar-refractivity contribution in [1.82, 2.24) is 9.99 Å². The molecule has 4 saturated carbocycles. The van der Waals surface area contributed by atoms with Crippen LogP contribution in [0.3, 0.4) is 0 Å². The zero-order valence-corrected chi connectivity index (χ0v) is 12.6. The van der Waals surface area contributed by atoms with E-state index in [4.69, 9.17) is 0 Å². The van der Waals surface area contributed by atoms with E-state index in [1.54, 1.807) is 6.21 Å². The van der Waals surface area contributed by atoms with Gasteiger partial charge >= 0.3 is 0 Å². The summed E-state index contributed by atoms with van der Waals surface area (Å²) in [6.45, 7) is 0. The molecule has 112 valence electrons. The number of hydrogen-bond acceptors (Lipinski definition) is 2. The normalized spacial score (nSPS) is 37.3. The van der Waals surface area contributed by atoms with Crippen LogP contribution in [0.1, 0.15) is 44.2 Å². The second-order valence-electron chi connectivity index (χ2n) is 7.44. The van der Waals surface area contributed by atoms with Gasteiger partial charge in [-0.2, -0.15) is 5.10 Å². The number of carbonyl (C=O) groups is 1. The maximum absolute atomic E-state index is 12.7. The van der Waals surface area contributed by atoms with E-state index in [9.17, 15) is 4.79 Å². The fraction of sp³-hybridized carbons (Fsp3) is 0.647. The summed E-state index contributed by atoms with van der Waals surface area (Å²) in [5.41, 5.74) is 3.71. The monoisotopic (exact) mass is 285 g/mol. The van der Waals surface area contributed by atoms with Gasteiger partial charge in [0.1, 0.15) is 0 Å². The summed E-state index contributed by atoms with van der Waals surface area (Å²) in [7, 11) is 1.97. The summed E-state index contributed by atoms with van der Waals surface area (Å²) in [6.07, 6.45) is 11.1. The summed E-state index contributed by atoms with van der Waals surface area (Å²) >= 11 is 0. The number of nitrogens with zero attached hydrogens (tertiary/aromatic N) is 2. The number of rotatable bonds is 3. The molecule has 1 heterocycles. The smallest absolute Gasteiger partial charge is 0.246 e. The molecule has 1 aromatic rings. The van der Waals surface area contributed by atoms with Crippen molar-refractivity contribution in [2.24, 2.45) is 35.3 Å². The minimum Gasteiger partial charge on any atom is -0.350 e. The first kappa shape index (κ1) is 13.1. The molecule has 4 aliphatic carbocycles. The summed E-state index contributed by atoms with van der Waals surface area (Å²) in [4.78, 5) is 12.7. The number of aryl methyl sites for hydroxylation is 1. The van der Waals surface area contributed by atoms with E-state index in [-0.39, 0.29) is 11.3 Å². The van der Waals surface area contributed by atoms with Gasteiger partial charge in [0.05, 0.1) is 17.3 Å². The standard InChI is InChI=1S/C17H23N3O/c1-20-4-2-3-15(20)11-18-19-16(21)17-8-12-5-13(9-17)7-14(6-12)10-17/h2-4,11-14H,5-10H2,1H3,(H,19,21). The second kappa shape index (κ2) is 4.72. The predicted molar refractivity (Wildman–Crippen MR) is 81.8 cm³/mol.